The van der Waals surface area contributed by atoms with Crippen molar-refractivity contribution in [3.05, 3.63) is 29.3 Å². The minimum absolute atomic E-state index is 0.0753. The highest BCUT2D eigenvalue weighted by Crippen LogP contribution is 2.39. The number of hydrogen-bond donors (Lipinski definition) is 2. The molecule has 98 valence electrons. The summed E-state index contributed by atoms with van der Waals surface area (Å²) in [5, 5.41) is 2.61. The molecule has 6 heteroatoms. The topological polar surface area (TPSA) is 55.1 Å². The van der Waals surface area contributed by atoms with Gasteiger partial charge in [-0.25, -0.2) is 0 Å². The molecule has 1 aromatic carbocycles. The number of carbonyl (C=O) groups excluding carboxylic acids is 1. The van der Waals surface area contributed by atoms with Gasteiger partial charge in [-0.1, -0.05) is 6.07 Å². The quantitative estimate of drug-likeness (QED) is 0.759. The van der Waals surface area contributed by atoms with E-state index in [9.17, 15) is 18.0 Å². The molecule has 0 saturated carbocycles. The Morgan fingerprint density at radius 3 is 2.67 bits per heavy atom. The summed E-state index contributed by atoms with van der Waals surface area (Å²) >= 11 is 0. The van der Waals surface area contributed by atoms with Crippen molar-refractivity contribution in [2.75, 3.05) is 12.3 Å². The summed E-state index contributed by atoms with van der Waals surface area (Å²) < 4.78 is 38.8. The number of anilines is 1. The summed E-state index contributed by atoms with van der Waals surface area (Å²) in [4.78, 5) is 11.3. The lowest BCUT2D eigenvalue weighted by Crippen LogP contribution is -2.33. The van der Waals surface area contributed by atoms with Crippen LogP contribution in [0, 0.1) is 0 Å². The van der Waals surface area contributed by atoms with E-state index in [1.807, 2.05) is 0 Å². The Bertz CT molecular complexity index is 471. The highest BCUT2D eigenvalue weighted by Gasteiger charge is 2.36. The molecule has 1 fully saturated rings. The molecule has 1 amide bonds. The molecule has 1 heterocycles. The Labute approximate surface area is 102 Å². The van der Waals surface area contributed by atoms with E-state index in [2.05, 4.69) is 5.32 Å². The van der Waals surface area contributed by atoms with E-state index in [1.54, 1.807) is 0 Å². The molecule has 3 N–H and O–H groups in total. The van der Waals surface area contributed by atoms with Gasteiger partial charge in [-0.3, -0.25) is 4.79 Å². The molecule has 1 saturated heterocycles. The summed E-state index contributed by atoms with van der Waals surface area (Å²) in [5.41, 5.74) is 4.90. The number of nitrogens with one attached hydrogen (secondary N) is 1. The lowest BCUT2D eigenvalue weighted by Gasteiger charge is -2.25. The van der Waals surface area contributed by atoms with Crippen LogP contribution in [-0.4, -0.2) is 12.5 Å². The first kappa shape index (κ1) is 12.7. The average Bonchev–Trinajstić information content (AvgIpc) is 2.27. The highest BCUT2D eigenvalue weighted by molar-refractivity contribution is 5.77. The summed E-state index contributed by atoms with van der Waals surface area (Å²) in [5.74, 6) is -0.604. The summed E-state index contributed by atoms with van der Waals surface area (Å²) in [6, 6.07) is 3.75. The van der Waals surface area contributed by atoms with Crippen LogP contribution in [0.1, 0.15) is 29.9 Å². The van der Waals surface area contributed by atoms with E-state index in [4.69, 9.17) is 5.73 Å². The third-order valence-corrected chi connectivity index (χ3v) is 3.07. The molecule has 0 aromatic heterocycles. The van der Waals surface area contributed by atoms with Crippen molar-refractivity contribution in [1.29, 1.82) is 0 Å². The van der Waals surface area contributed by atoms with Gasteiger partial charge in [0.15, 0.2) is 0 Å². The summed E-state index contributed by atoms with van der Waals surface area (Å²) in [6.45, 7) is 0.408. The molecule has 0 unspecified atom stereocenters. The highest BCUT2D eigenvalue weighted by atomic mass is 19.4. The maximum absolute atomic E-state index is 12.9. The van der Waals surface area contributed by atoms with Crippen LogP contribution in [0.4, 0.5) is 18.9 Å². The maximum Gasteiger partial charge on any atom is 0.416 e. The second-order valence-corrected chi connectivity index (χ2v) is 4.38. The number of carbonyl (C=O) groups is 1. The van der Waals surface area contributed by atoms with Crippen molar-refractivity contribution < 1.29 is 18.0 Å². The van der Waals surface area contributed by atoms with Crippen LogP contribution in [0.5, 0.6) is 0 Å². The molecule has 1 aromatic rings. The molecule has 18 heavy (non-hydrogen) atoms. The number of halogens is 3. The number of hydrogen-bond acceptors (Lipinski definition) is 2. The zero-order valence-corrected chi connectivity index (χ0v) is 9.55. The summed E-state index contributed by atoms with van der Waals surface area (Å²) in [7, 11) is 0. The van der Waals surface area contributed by atoms with E-state index >= 15 is 0 Å². The normalized spacial score (nSPS) is 20.6. The Balaban J connectivity index is 2.40. The number of piperidine rings is 1. The minimum atomic E-state index is -4.45. The minimum Gasteiger partial charge on any atom is -0.399 e. The zero-order valence-electron chi connectivity index (χ0n) is 9.55. The van der Waals surface area contributed by atoms with Gasteiger partial charge in [0, 0.05) is 18.7 Å². The Kier molecular flexibility index (Phi) is 3.19. The summed E-state index contributed by atoms with van der Waals surface area (Å²) in [6.07, 6.45) is -3.84. The Hall–Kier alpha value is -1.72. The van der Waals surface area contributed by atoms with Crippen LogP contribution in [0.15, 0.2) is 18.2 Å². The zero-order chi connectivity index (χ0) is 13.3. The first-order valence-electron chi connectivity index (χ1n) is 5.61. The van der Waals surface area contributed by atoms with Crippen molar-refractivity contribution in [1.82, 2.24) is 5.32 Å². The smallest absolute Gasteiger partial charge is 0.399 e. The van der Waals surface area contributed by atoms with E-state index in [0.29, 0.717) is 13.0 Å². The molecule has 0 aliphatic carbocycles. The molecule has 1 atom stereocenters. The number of nitrogen functional groups attached to an aromatic ring is 1. The van der Waals surface area contributed by atoms with Crippen molar-refractivity contribution in [2.24, 2.45) is 0 Å². The molecule has 1 aliphatic heterocycles. The van der Waals surface area contributed by atoms with Gasteiger partial charge in [-0.2, -0.15) is 13.2 Å². The van der Waals surface area contributed by atoms with Crippen LogP contribution in [0.25, 0.3) is 0 Å². The maximum atomic E-state index is 12.9. The van der Waals surface area contributed by atoms with Crippen LogP contribution in [0.3, 0.4) is 0 Å². The number of benzene rings is 1. The average molecular weight is 258 g/mol. The van der Waals surface area contributed by atoms with Crippen LogP contribution in [-0.2, 0) is 11.0 Å². The van der Waals surface area contributed by atoms with Gasteiger partial charge < -0.3 is 11.1 Å². The predicted molar refractivity (Wildman–Crippen MR) is 60.8 cm³/mol. The van der Waals surface area contributed by atoms with Crippen molar-refractivity contribution in [2.45, 2.75) is 24.9 Å². The third-order valence-electron chi connectivity index (χ3n) is 3.07. The van der Waals surface area contributed by atoms with E-state index in [0.717, 1.165) is 6.07 Å². The van der Waals surface area contributed by atoms with Crippen LogP contribution < -0.4 is 11.1 Å². The Morgan fingerprint density at radius 1 is 1.33 bits per heavy atom. The van der Waals surface area contributed by atoms with Crippen molar-refractivity contribution >= 4 is 11.6 Å². The second kappa shape index (κ2) is 4.51. The molecule has 3 nitrogen and oxygen atoms in total. The molecule has 2 rings (SSSR count). The number of rotatable bonds is 1. The van der Waals surface area contributed by atoms with Gasteiger partial charge in [0.1, 0.15) is 0 Å². The lowest BCUT2D eigenvalue weighted by atomic mass is 9.86. The first-order valence-corrected chi connectivity index (χ1v) is 5.61. The molecule has 0 spiro atoms. The lowest BCUT2D eigenvalue weighted by molar-refractivity contribution is -0.138. The van der Waals surface area contributed by atoms with Gasteiger partial charge in [-0.15, -0.1) is 0 Å². The monoisotopic (exact) mass is 258 g/mol. The van der Waals surface area contributed by atoms with Gasteiger partial charge in [-0.05, 0) is 30.0 Å². The van der Waals surface area contributed by atoms with Crippen molar-refractivity contribution in [3.63, 3.8) is 0 Å². The predicted octanol–water partition coefficient (Wildman–Crippen LogP) is 2.28. The standard InChI is InChI=1S/C12H13F3N2O/c13-12(14,15)10-6-8(16)1-2-9(10)7-3-4-17-11(18)5-7/h1-2,6-7H,3-5,16H2,(H,17,18)/t7-/m0/s1. The van der Waals surface area contributed by atoms with Crippen LogP contribution >= 0.6 is 0 Å². The Morgan fingerprint density at radius 2 is 2.06 bits per heavy atom. The second-order valence-electron chi connectivity index (χ2n) is 4.38. The fourth-order valence-electron chi connectivity index (χ4n) is 2.22. The molecular weight excluding hydrogens is 245 g/mol. The number of alkyl halides is 3. The fourth-order valence-corrected chi connectivity index (χ4v) is 2.22. The van der Waals surface area contributed by atoms with Crippen LogP contribution in [0.2, 0.25) is 0 Å². The SMILES string of the molecule is Nc1ccc([C@H]2CCNC(=O)C2)c(C(F)(F)F)c1. The van der Waals surface area contributed by atoms with E-state index < -0.39 is 17.7 Å². The van der Waals surface area contributed by atoms with Gasteiger partial charge in [0.05, 0.1) is 5.56 Å². The van der Waals surface area contributed by atoms with Crippen molar-refractivity contribution in [3.8, 4) is 0 Å². The molecular formula is C12H13F3N2O. The van der Waals surface area contributed by atoms with Gasteiger partial charge in [0.25, 0.3) is 0 Å². The molecule has 0 bridgehead atoms. The number of amides is 1. The largest absolute Gasteiger partial charge is 0.416 e. The number of nitrogens with two attached hydrogens (primary N) is 1. The van der Waals surface area contributed by atoms with E-state index in [1.165, 1.54) is 12.1 Å². The third kappa shape index (κ3) is 2.57. The van der Waals surface area contributed by atoms with Gasteiger partial charge >= 0.3 is 6.18 Å². The van der Waals surface area contributed by atoms with Gasteiger partial charge in [0.2, 0.25) is 5.91 Å². The van der Waals surface area contributed by atoms with E-state index in [-0.39, 0.29) is 23.6 Å². The molecule has 0 radical (unpaired) electrons. The first-order chi connectivity index (χ1) is 8.38. The fraction of sp³-hybridized carbons (Fsp3) is 0.417. The molecule has 1 aliphatic rings.